The Kier molecular flexibility index (Phi) is 4.35. The number of benzene rings is 1. The van der Waals surface area contributed by atoms with Crippen LogP contribution in [0.1, 0.15) is 42.0 Å². The van der Waals surface area contributed by atoms with E-state index in [2.05, 4.69) is 38.8 Å². The summed E-state index contributed by atoms with van der Waals surface area (Å²) in [5, 5.41) is 9.67. The lowest BCUT2D eigenvalue weighted by atomic mass is 10.1. The molecule has 0 N–H and O–H groups in total. The largest absolute Gasteiger partial charge is 0.317 e. The van der Waals surface area contributed by atoms with Crippen LogP contribution in [0, 0.1) is 0 Å². The number of nitrogens with zero attached hydrogens (tertiary/aromatic N) is 4. The van der Waals surface area contributed by atoms with Crippen molar-refractivity contribution < 1.29 is 0 Å². The second-order valence-electron chi connectivity index (χ2n) is 6.42. The molecule has 1 saturated carbocycles. The van der Waals surface area contributed by atoms with Crippen LogP contribution in [-0.2, 0) is 13.6 Å². The lowest BCUT2D eigenvalue weighted by molar-refractivity contribution is 0.204. The van der Waals surface area contributed by atoms with Crippen molar-refractivity contribution in [3.05, 3.63) is 46.5 Å². The first kappa shape index (κ1) is 15.5. The highest BCUT2D eigenvalue weighted by molar-refractivity contribution is 7.99. The highest BCUT2D eigenvalue weighted by Crippen LogP contribution is 2.39. The Morgan fingerprint density at radius 1 is 1.22 bits per heavy atom. The number of aromatic nitrogens is 3. The summed E-state index contributed by atoms with van der Waals surface area (Å²) in [6.07, 6.45) is 2.53. The van der Waals surface area contributed by atoms with Crippen molar-refractivity contribution in [2.45, 2.75) is 31.3 Å². The molecule has 0 amide bonds. The minimum absolute atomic E-state index is 0.423. The summed E-state index contributed by atoms with van der Waals surface area (Å²) in [5.74, 6) is 5.18. The molecule has 1 unspecified atom stereocenters. The van der Waals surface area contributed by atoms with Gasteiger partial charge >= 0.3 is 0 Å². The van der Waals surface area contributed by atoms with Crippen molar-refractivity contribution in [2.24, 2.45) is 7.05 Å². The summed E-state index contributed by atoms with van der Waals surface area (Å²) >= 11 is 8.06. The molecular weight excluding hydrogens is 328 g/mol. The van der Waals surface area contributed by atoms with Crippen LogP contribution in [0.15, 0.2) is 24.3 Å². The second-order valence-corrected chi connectivity index (χ2v) is 8.01. The third kappa shape index (κ3) is 3.28. The summed E-state index contributed by atoms with van der Waals surface area (Å²) in [4.78, 5) is 2.53. The van der Waals surface area contributed by atoms with E-state index in [9.17, 15) is 0 Å². The minimum Gasteiger partial charge on any atom is -0.317 e. The van der Waals surface area contributed by atoms with Gasteiger partial charge in [0.15, 0.2) is 0 Å². The molecule has 122 valence electrons. The molecule has 2 aromatic rings. The van der Waals surface area contributed by atoms with Crippen LogP contribution in [0.4, 0.5) is 0 Å². The molecule has 0 bridgehead atoms. The quantitative estimate of drug-likeness (QED) is 0.844. The van der Waals surface area contributed by atoms with E-state index in [0.29, 0.717) is 12.0 Å². The van der Waals surface area contributed by atoms with E-state index in [-0.39, 0.29) is 0 Å². The maximum atomic E-state index is 6.04. The highest BCUT2D eigenvalue weighted by atomic mass is 35.5. The monoisotopic (exact) mass is 348 g/mol. The molecule has 1 aliphatic heterocycles. The third-order valence-electron chi connectivity index (χ3n) is 4.78. The van der Waals surface area contributed by atoms with Crippen molar-refractivity contribution in [1.82, 2.24) is 19.7 Å². The topological polar surface area (TPSA) is 34.0 Å². The number of hydrogen-bond donors (Lipinski definition) is 0. The van der Waals surface area contributed by atoms with E-state index in [1.165, 1.54) is 24.2 Å². The molecule has 23 heavy (non-hydrogen) atoms. The molecular formula is C17H21ClN4S. The van der Waals surface area contributed by atoms with Gasteiger partial charge in [0.25, 0.3) is 0 Å². The zero-order valence-corrected chi connectivity index (χ0v) is 14.9. The maximum absolute atomic E-state index is 6.04. The van der Waals surface area contributed by atoms with Gasteiger partial charge in [-0.15, -0.1) is 10.2 Å². The zero-order valence-electron chi connectivity index (χ0n) is 13.3. The number of thioether (sulfide) groups is 1. The van der Waals surface area contributed by atoms with Gasteiger partial charge < -0.3 is 4.57 Å². The molecule has 2 fully saturated rings. The smallest absolute Gasteiger partial charge is 0.146 e. The average Bonchev–Trinajstić information content (AvgIpc) is 3.34. The van der Waals surface area contributed by atoms with Gasteiger partial charge in [-0.25, -0.2) is 0 Å². The fourth-order valence-corrected chi connectivity index (χ4v) is 4.49. The predicted molar refractivity (Wildman–Crippen MR) is 94.9 cm³/mol. The fraction of sp³-hybridized carbons (Fsp3) is 0.529. The second kappa shape index (κ2) is 6.46. The normalized spacial score (nSPS) is 22.4. The van der Waals surface area contributed by atoms with E-state index in [0.717, 1.165) is 35.5 Å². The Morgan fingerprint density at radius 2 is 2.00 bits per heavy atom. The third-order valence-corrected chi connectivity index (χ3v) is 6.05. The van der Waals surface area contributed by atoms with Crippen molar-refractivity contribution in [1.29, 1.82) is 0 Å². The SMILES string of the molecule is Cn1c(CN2CCSCC2c2ccc(Cl)cc2)nnc1C1CC1. The number of rotatable bonds is 4. The molecule has 0 radical (unpaired) electrons. The molecule has 1 aromatic carbocycles. The standard InChI is InChI=1S/C17H21ClN4S/c1-21-16(19-20-17(21)13-2-3-13)10-22-8-9-23-11-15(22)12-4-6-14(18)7-5-12/h4-7,13,15H,2-3,8-11H2,1H3. The molecule has 1 aromatic heterocycles. The van der Waals surface area contributed by atoms with E-state index in [4.69, 9.17) is 11.6 Å². The molecule has 1 atom stereocenters. The summed E-state index contributed by atoms with van der Waals surface area (Å²) in [7, 11) is 2.11. The van der Waals surface area contributed by atoms with Crippen molar-refractivity contribution in [3.8, 4) is 0 Å². The van der Waals surface area contributed by atoms with Crippen LogP contribution in [0.3, 0.4) is 0 Å². The molecule has 1 saturated heterocycles. The molecule has 4 rings (SSSR count). The first-order valence-corrected chi connectivity index (χ1v) is 9.71. The van der Waals surface area contributed by atoms with Gasteiger partial charge in [-0.2, -0.15) is 11.8 Å². The van der Waals surface area contributed by atoms with Crippen LogP contribution < -0.4 is 0 Å². The van der Waals surface area contributed by atoms with Gasteiger partial charge in [0.2, 0.25) is 0 Å². The Balaban J connectivity index is 1.54. The van der Waals surface area contributed by atoms with E-state index >= 15 is 0 Å². The summed E-state index contributed by atoms with van der Waals surface area (Å²) in [6, 6.07) is 8.70. The fourth-order valence-electron chi connectivity index (χ4n) is 3.21. The van der Waals surface area contributed by atoms with Crippen LogP contribution in [-0.4, -0.2) is 37.7 Å². The summed E-state index contributed by atoms with van der Waals surface area (Å²) < 4.78 is 2.21. The first-order chi connectivity index (χ1) is 11.2. The first-order valence-electron chi connectivity index (χ1n) is 8.18. The number of hydrogen-bond acceptors (Lipinski definition) is 4. The van der Waals surface area contributed by atoms with Crippen molar-refractivity contribution in [2.75, 3.05) is 18.1 Å². The van der Waals surface area contributed by atoms with Crippen LogP contribution in [0.5, 0.6) is 0 Å². The van der Waals surface area contributed by atoms with Crippen LogP contribution in [0.25, 0.3) is 0 Å². The Labute approximate surface area is 146 Å². The summed E-state index contributed by atoms with van der Waals surface area (Å²) in [6.45, 7) is 1.95. The molecule has 4 nitrogen and oxygen atoms in total. The van der Waals surface area contributed by atoms with Gasteiger partial charge in [0.1, 0.15) is 11.6 Å². The van der Waals surface area contributed by atoms with Gasteiger partial charge in [-0.1, -0.05) is 23.7 Å². The van der Waals surface area contributed by atoms with E-state index in [1.807, 2.05) is 23.9 Å². The van der Waals surface area contributed by atoms with Gasteiger partial charge in [0.05, 0.1) is 6.54 Å². The molecule has 6 heteroatoms. The van der Waals surface area contributed by atoms with Gasteiger partial charge in [-0.3, -0.25) is 4.90 Å². The predicted octanol–water partition coefficient (Wildman–Crippen LogP) is 3.64. The molecule has 2 aliphatic rings. The highest BCUT2D eigenvalue weighted by Gasteiger charge is 2.31. The van der Waals surface area contributed by atoms with E-state index < -0.39 is 0 Å². The van der Waals surface area contributed by atoms with Crippen molar-refractivity contribution in [3.63, 3.8) is 0 Å². The zero-order chi connectivity index (χ0) is 15.8. The Hall–Kier alpha value is -1.04. The Bertz CT molecular complexity index is 680. The van der Waals surface area contributed by atoms with Crippen LogP contribution >= 0.6 is 23.4 Å². The van der Waals surface area contributed by atoms with E-state index in [1.54, 1.807) is 0 Å². The molecule has 0 spiro atoms. The lowest BCUT2D eigenvalue weighted by Crippen LogP contribution is -2.36. The van der Waals surface area contributed by atoms with Crippen LogP contribution in [0.2, 0.25) is 5.02 Å². The van der Waals surface area contributed by atoms with Crippen molar-refractivity contribution >= 4 is 23.4 Å². The average molecular weight is 349 g/mol. The minimum atomic E-state index is 0.423. The van der Waals surface area contributed by atoms with Gasteiger partial charge in [-0.05, 0) is 30.5 Å². The number of halogens is 1. The lowest BCUT2D eigenvalue weighted by Gasteiger charge is -2.35. The summed E-state index contributed by atoms with van der Waals surface area (Å²) in [5.41, 5.74) is 1.34. The maximum Gasteiger partial charge on any atom is 0.146 e. The molecule has 2 heterocycles. The van der Waals surface area contributed by atoms with Gasteiger partial charge in [0, 0.05) is 42.1 Å². The molecule has 1 aliphatic carbocycles. The Morgan fingerprint density at radius 3 is 2.74 bits per heavy atom.